The zero-order chi connectivity index (χ0) is 23.5. The lowest BCUT2D eigenvalue weighted by atomic mass is 9.97. The molecular formula is C27H29ClN2O4. The minimum Gasteiger partial charge on any atom is -0.493 e. The van der Waals surface area contributed by atoms with Gasteiger partial charge in [-0.3, -0.25) is 0 Å². The summed E-state index contributed by atoms with van der Waals surface area (Å²) in [7, 11) is 1.66. The van der Waals surface area contributed by atoms with E-state index in [1.807, 2.05) is 53.5 Å². The van der Waals surface area contributed by atoms with Gasteiger partial charge in [-0.1, -0.05) is 37.8 Å². The molecule has 2 aromatic carbocycles. The minimum atomic E-state index is -0.418. The number of fused-ring (bicyclic) bond motifs is 3. The Morgan fingerprint density at radius 1 is 1.09 bits per heavy atom. The van der Waals surface area contributed by atoms with Crippen LogP contribution in [0.2, 0.25) is 5.02 Å². The largest absolute Gasteiger partial charge is 0.493 e. The highest BCUT2D eigenvalue weighted by molar-refractivity contribution is 6.30. The highest BCUT2D eigenvalue weighted by Gasteiger charge is 2.41. The molecule has 1 aromatic heterocycles. The molecule has 0 N–H and O–H groups in total. The van der Waals surface area contributed by atoms with Crippen LogP contribution in [0.1, 0.15) is 68.2 Å². The maximum absolute atomic E-state index is 6.45. The Bertz CT molecular complexity index is 1160. The predicted octanol–water partition coefficient (Wildman–Crippen LogP) is 7.14. The molecule has 0 saturated heterocycles. The highest BCUT2D eigenvalue weighted by atomic mass is 35.5. The lowest BCUT2D eigenvalue weighted by Crippen LogP contribution is -2.33. The molecule has 0 amide bonds. The monoisotopic (exact) mass is 480 g/mol. The third kappa shape index (κ3) is 4.47. The van der Waals surface area contributed by atoms with Crippen molar-refractivity contribution in [2.75, 3.05) is 13.7 Å². The summed E-state index contributed by atoms with van der Waals surface area (Å²) < 4.78 is 23.7. The van der Waals surface area contributed by atoms with Crippen LogP contribution >= 0.6 is 11.6 Å². The van der Waals surface area contributed by atoms with Crippen molar-refractivity contribution in [3.8, 4) is 17.2 Å². The second kappa shape index (κ2) is 10.0. The third-order valence-electron chi connectivity index (χ3n) is 6.29. The Hall–Kier alpha value is -3.12. The minimum absolute atomic E-state index is 0.00645. The van der Waals surface area contributed by atoms with Gasteiger partial charge in [0, 0.05) is 22.6 Å². The number of hydrazone groups is 1. The topological polar surface area (TPSA) is 56.4 Å². The van der Waals surface area contributed by atoms with E-state index in [0.717, 1.165) is 40.5 Å². The molecule has 0 saturated carbocycles. The predicted molar refractivity (Wildman–Crippen MR) is 132 cm³/mol. The number of rotatable bonds is 9. The number of hydrogen-bond donors (Lipinski definition) is 0. The van der Waals surface area contributed by atoms with E-state index in [9.17, 15) is 0 Å². The van der Waals surface area contributed by atoms with Gasteiger partial charge in [-0.25, -0.2) is 5.01 Å². The second-order valence-corrected chi connectivity index (χ2v) is 9.03. The normalized spacial score (nSPS) is 18.7. The molecule has 0 aliphatic carbocycles. The Labute approximate surface area is 205 Å². The van der Waals surface area contributed by atoms with E-state index >= 15 is 0 Å². The SMILES string of the molecule is CCCCCCOc1ccc([C@H]2Oc3ccc(Cl)cc3[C@@H]3CC(c4ccco4)=NN23)cc1OC. The van der Waals surface area contributed by atoms with E-state index in [2.05, 4.69) is 6.92 Å². The number of hydrogen-bond acceptors (Lipinski definition) is 6. The van der Waals surface area contributed by atoms with Crippen LogP contribution in [0.25, 0.3) is 0 Å². The molecule has 178 valence electrons. The molecule has 3 aromatic rings. The smallest absolute Gasteiger partial charge is 0.214 e. The van der Waals surface area contributed by atoms with Gasteiger partial charge in [0.05, 0.1) is 26.0 Å². The highest BCUT2D eigenvalue weighted by Crippen LogP contribution is 2.49. The van der Waals surface area contributed by atoms with Gasteiger partial charge in [-0.15, -0.1) is 0 Å². The van der Waals surface area contributed by atoms with Crippen molar-refractivity contribution < 1.29 is 18.6 Å². The molecular weight excluding hydrogens is 452 g/mol. The summed E-state index contributed by atoms with van der Waals surface area (Å²) in [6, 6.07) is 15.5. The van der Waals surface area contributed by atoms with Crippen molar-refractivity contribution >= 4 is 17.3 Å². The van der Waals surface area contributed by atoms with Crippen molar-refractivity contribution in [1.29, 1.82) is 0 Å². The van der Waals surface area contributed by atoms with Gasteiger partial charge in [0.1, 0.15) is 17.2 Å². The van der Waals surface area contributed by atoms with Gasteiger partial charge in [-0.2, -0.15) is 5.10 Å². The van der Waals surface area contributed by atoms with E-state index in [1.54, 1.807) is 13.4 Å². The molecule has 3 heterocycles. The number of nitrogens with zero attached hydrogens (tertiary/aromatic N) is 2. The van der Waals surface area contributed by atoms with E-state index < -0.39 is 6.23 Å². The zero-order valence-corrected chi connectivity index (χ0v) is 20.3. The van der Waals surface area contributed by atoms with Crippen LogP contribution in [0, 0.1) is 0 Å². The summed E-state index contributed by atoms with van der Waals surface area (Å²) in [5.41, 5.74) is 2.84. The van der Waals surface area contributed by atoms with Crippen LogP contribution in [-0.2, 0) is 0 Å². The summed E-state index contributed by atoms with van der Waals surface area (Å²) >= 11 is 6.32. The number of methoxy groups -OCH3 is 1. The van der Waals surface area contributed by atoms with Crippen molar-refractivity contribution in [1.82, 2.24) is 5.01 Å². The molecule has 7 heteroatoms. The molecule has 2 atom stereocenters. The van der Waals surface area contributed by atoms with Crippen LogP contribution in [-0.4, -0.2) is 24.4 Å². The molecule has 2 aliphatic heterocycles. The Kier molecular flexibility index (Phi) is 6.68. The molecule has 0 bridgehead atoms. The molecule has 0 unspecified atom stereocenters. The van der Waals surface area contributed by atoms with E-state index in [1.165, 1.54) is 19.3 Å². The van der Waals surface area contributed by atoms with Gasteiger partial charge < -0.3 is 18.6 Å². The van der Waals surface area contributed by atoms with Gasteiger partial charge in [0.2, 0.25) is 6.23 Å². The Balaban J connectivity index is 1.44. The fourth-order valence-electron chi connectivity index (χ4n) is 4.54. The van der Waals surface area contributed by atoms with Crippen molar-refractivity contribution in [3.63, 3.8) is 0 Å². The van der Waals surface area contributed by atoms with Gasteiger partial charge >= 0.3 is 0 Å². The molecule has 0 radical (unpaired) electrons. The molecule has 0 spiro atoms. The fourth-order valence-corrected chi connectivity index (χ4v) is 4.72. The van der Waals surface area contributed by atoms with Crippen molar-refractivity contribution in [3.05, 3.63) is 76.7 Å². The van der Waals surface area contributed by atoms with Gasteiger partial charge in [-0.05, 0) is 55.0 Å². The maximum atomic E-state index is 6.45. The lowest BCUT2D eigenvalue weighted by Gasteiger charge is -2.38. The number of benzene rings is 2. The zero-order valence-electron chi connectivity index (χ0n) is 19.5. The first-order valence-corrected chi connectivity index (χ1v) is 12.2. The van der Waals surface area contributed by atoms with E-state index in [0.29, 0.717) is 23.8 Å². The summed E-state index contributed by atoms with van der Waals surface area (Å²) in [6.45, 7) is 2.88. The first-order chi connectivity index (χ1) is 16.7. The number of unbranched alkanes of at least 4 members (excludes halogenated alkanes) is 3. The summed E-state index contributed by atoms with van der Waals surface area (Å²) in [5, 5.41) is 7.58. The van der Waals surface area contributed by atoms with Crippen LogP contribution in [0.15, 0.2) is 64.3 Å². The summed E-state index contributed by atoms with van der Waals surface area (Å²) in [6.07, 6.45) is 6.58. The average molecular weight is 481 g/mol. The quantitative estimate of drug-likeness (QED) is 0.304. The standard InChI is InChI=1S/C27H29ClN2O4/c1-3-4-5-6-13-33-25-11-9-18(15-26(25)31-2)27-30-22(17-21(29-30)24-8-7-14-32-24)20-16-19(28)10-12-23(20)34-27/h7-12,14-16,22,27H,3-6,13,17H2,1-2H3/t22-,27+/m0/s1. The first-order valence-electron chi connectivity index (χ1n) is 11.8. The van der Waals surface area contributed by atoms with Gasteiger partial charge in [0.25, 0.3) is 0 Å². The molecule has 6 nitrogen and oxygen atoms in total. The number of halogens is 1. The fraction of sp³-hybridized carbons (Fsp3) is 0.370. The first kappa shape index (κ1) is 22.7. The lowest BCUT2D eigenvalue weighted by molar-refractivity contribution is -0.0191. The van der Waals surface area contributed by atoms with Crippen molar-refractivity contribution in [2.24, 2.45) is 5.10 Å². The van der Waals surface area contributed by atoms with Crippen LogP contribution in [0.5, 0.6) is 17.2 Å². The third-order valence-corrected chi connectivity index (χ3v) is 6.52. The molecule has 2 aliphatic rings. The van der Waals surface area contributed by atoms with E-state index in [4.69, 9.17) is 35.3 Å². The number of ether oxygens (including phenoxy) is 3. The Morgan fingerprint density at radius 2 is 2.00 bits per heavy atom. The summed E-state index contributed by atoms with van der Waals surface area (Å²) in [5.74, 6) is 3.00. The van der Waals surface area contributed by atoms with Crippen LogP contribution in [0.3, 0.4) is 0 Å². The Morgan fingerprint density at radius 3 is 2.79 bits per heavy atom. The van der Waals surface area contributed by atoms with Crippen LogP contribution < -0.4 is 14.2 Å². The maximum Gasteiger partial charge on any atom is 0.214 e. The molecule has 0 fully saturated rings. The summed E-state index contributed by atoms with van der Waals surface area (Å²) in [4.78, 5) is 0. The number of furan rings is 1. The van der Waals surface area contributed by atoms with Gasteiger partial charge in [0.15, 0.2) is 11.5 Å². The van der Waals surface area contributed by atoms with Crippen molar-refractivity contribution in [2.45, 2.75) is 51.3 Å². The molecule has 5 rings (SSSR count). The average Bonchev–Trinajstić information content (AvgIpc) is 3.54. The molecule has 34 heavy (non-hydrogen) atoms. The van der Waals surface area contributed by atoms with Crippen LogP contribution in [0.4, 0.5) is 0 Å². The van der Waals surface area contributed by atoms with E-state index in [-0.39, 0.29) is 6.04 Å². The second-order valence-electron chi connectivity index (χ2n) is 8.60.